The number of hydrogen-bond donors (Lipinski definition) is 3. The highest BCUT2D eigenvalue weighted by Crippen LogP contribution is 2.35. The number of likely N-dealkylation sites (tertiary alicyclic amines) is 1. The number of rotatable bonds is 10. The quantitative estimate of drug-likeness (QED) is 0.138. The van der Waals surface area contributed by atoms with Crippen LogP contribution in [0.3, 0.4) is 0 Å². The highest BCUT2D eigenvalue weighted by molar-refractivity contribution is 5.66. The standard InChI is InChI=1S/C39H42N4O3/c1-3-4-31-23-32(24-38(45)39(31)46)37-22-29(14-18-41-37)26-43(33-9-11-35(44)12-10-33)34-15-19-42(20-16-34)25-28-13-17-40-36(21-28)30-7-5-27(2)6-8-30/h5-14,17-18,21-24,34,44-46H,3-4,15-16,19-20,25-26H2,1-2H3. The fourth-order valence-electron chi connectivity index (χ4n) is 6.39. The van der Waals surface area contributed by atoms with Gasteiger partial charge in [-0.1, -0.05) is 43.2 Å². The van der Waals surface area contributed by atoms with Crippen molar-refractivity contribution in [2.45, 2.75) is 58.7 Å². The molecule has 0 unspecified atom stereocenters. The Kier molecular flexibility index (Phi) is 9.50. The molecule has 0 saturated carbocycles. The number of piperidine rings is 1. The first-order valence-corrected chi connectivity index (χ1v) is 16.2. The van der Waals surface area contributed by atoms with E-state index in [-0.39, 0.29) is 17.2 Å². The minimum atomic E-state index is -0.122. The zero-order valence-electron chi connectivity index (χ0n) is 26.6. The van der Waals surface area contributed by atoms with Crippen LogP contribution >= 0.6 is 0 Å². The lowest BCUT2D eigenvalue weighted by molar-refractivity contribution is 0.201. The first-order chi connectivity index (χ1) is 22.4. The van der Waals surface area contributed by atoms with E-state index in [9.17, 15) is 15.3 Å². The Bertz CT molecular complexity index is 1760. The van der Waals surface area contributed by atoms with Crippen LogP contribution in [0.5, 0.6) is 17.2 Å². The number of aryl methyl sites for hydroxylation is 2. The Hall–Kier alpha value is -4.88. The van der Waals surface area contributed by atoms with Crippen LogP contribution < -0.4 is 4.90 Å². The largest absolute Gasteiger partial charge is 0.508 e. The van der Waals surface area contributed by atoms with Gasteiger partial charge in [-0.15, -0.1) is 0 Å². The number of hydrogen-bond acceptors (Lipinski definition) is 7. The Morgan fingerprint density at radius 1 is 0.761 bits per heavy atom. The van der Waals surface area contributed by atoms with Gasteiger partial charge in [0, 0.05) is 61.4 Å². The molecule has 0 radical (unpaired) electrons. The highest BCUT2D eigenvalue weighted by Gasteiger charge is 2.26. The molecule has 5 aromatic rings. The van der Waals surface area contributed by atoms with Crippen LogP contribution in [0.2, 0.25) is 0 Å². The fourth-order valence-corrected chi connectivity index (χ4v) is 6.39. The van der Waals surface area contributed by atoms with Gasteiger partial charge in [0.2, 0.25) is 0 Å². The van der Waals surface area contributed by atoms with E-state index in [1.807, 2.05) is 43.6 Å². The molecule has 0 bridgehead atoms. The number of nitrogens with zero attached hydrogens (tertiary/aromatic N) is 4. The van der Waals surface area contributed by atoms with Crippen molar-refractivity contribution in [1.82, 2.24) is 14.9 Å². The lowest BCUT2D eigenvalue weighted by Gasteiger charge is -2.40. The number of phenols is 3. The number of aromatic nitrogens is 2. The van der Waals surface area contributed by atoms with E-state index in [2.05, 4.69) is 69.2 Å². The van der Waals surface area contributed by atoms with Crippen LogP contribution in [-0.4, -0.2) is 49.3 Å². The third-order valence-electron chi connectivity index (χ3n) is 8.92. The van der Waals surface area contributed by atoms with Gasteiger partial charge in [0.15, 0.2) is 11.5 Å². The van der Waals surface area contributed by atoms with Gasteiger partial charge in [0.25, 0.3) is 0 Å². The Morgan fingerprint density at radius 2 is 1.41 bits per heavy atom. The van der Waals surface area contributed by atoms with Crippen LogP contribution in [0.1, 0.15) is 48.4 Å². The summed E-state index contributed by atoms with van der Waals surface area (Å²) >= 11 is 0. The van der Waals surface area contributed by atoms with Crippen LogP contribution in [0.4, 0.5) is 5.69 Å². The van der Waals surface area contributed by atoms with Gasteiger partial charge in [0.1, 0.15) is 5.75 Å². The predicted molar refractivity (Wildman–Crippen MR) is 184 cm³/mol. The third kappa shape index (κ3) is 7.32. The van der Waals surface area contributed by atoms with E-state index in [1.54, 1.807) is 18.2 Å². The maximum Gasteiger partial charge on any atom is 0.160 e. The minimum Gasteiger partial charge on any atom is -0.508 e. The van der Waals surface area contributed by atoms with Crippen molar-refractivity contribution in [1.29, 1.82) is 0 Å². The molecule has 7 nitrogen and oxygen atoms in total. The van der Waals surface area contributed by atoms with Gasteiger partial charge < -0.3 is 20.2 Å². The molecule has 46 heavy (non-hydrogen) atoms. The molecule has 2 aromatic heterocycles. The van der Waals surface area contributed by atoms with Crippen molar-refractivity contribution < 1.29 is 15.3 Å². The molecular formula is C39H42N4O3. The van der Waals surface area contributed by atoms with Crippen LogP contribution in [0.15, 0.2) is 97.3 Å². The van der Waals surface area contributed by atoms with E-state index in [0.29, 0.717) is 19.0 Å². The molecule has 1 fully saturated rings. The molecule has 3 N–H and O–H groups in total. The minimum absolute atomic E-state index is 0.0535. The molecule has 0 atom stereocenters. The van der Waals surface area contributed by atoms with E-state index in [0.717, 1.165) is 78.2 Å². The summed E-state index contributed by atoms with van der Waals surface area (Å²) in [6.45, 7) is 7.68. The third-order valence-corrected chi connectivity index (χ3v) is 8.92. The molecule has 236 valence electrons. The average Bonchev–Trinajstić information content (AvgIpc) is 3.07. The molecule has 1 aliphatic rings. The average molecular weight is 615 g/mol. The monoisotopic (exact) mass is 614 g/mol. The van der Waals surface area contributed by atoms with Crippen molar-refractivity contribution >= 4 is 5.69 Å². The Balaban J connectivity index is 1.18. The van der Waals surface area contributed by atoms with Gasteiger partial charge in [-0.05, 0) is 104 Å². The molecule has 1 saturated heterocycles. The second kappa shape index (κ2) is 14.0. The first-order valence-electron chi connectivity index (χ1n) is 16.2. The van der Waals surface area contributed by atoms with Gasteiger partial charge in [0.05, 0.1) is 11.4 Å². The lowest BCUT2D eigenvalue weighted by atomic mass is 9.99. The van der Waals surface area contributed by atoms with Crippen molar-refractivity contribution in [2.24, 2.45) is 0 Å². The molecule has 6 rings (SSSR count). The topological polar surface area (TPSA) is 93.0 Å². The number of phenolic OH excluding ortho intramolecular Hbond substituents is 3. The highest BCUT2D eigenvalue weighted by atomic mass is 16.3. The summed E-state index contributed by atoms with van der Waals surface area (Å²) in [6, 6.07) is 28.3. The number of anilines is 1. The predicted octanol–water partition coefficient (Wildman–Crippen LogP) is 7.86. The SMILES string of the molecule is CCCc1cc(-c2cc(CN(c3ccc(O)cc3)C3CCN(Cc4ccnc(-c5ccc(C)cc5)c4)CC3)ccn2)cc(O)c1O. The summed E-state index contributed by atoms with van der Waals surface area (Å²) in [5, 5.41) is 30.7. The summed E-state index contributed by atoms with van der Waals surface area (Å²) in [4.78, 5) is 14.2. The van der Waals surface area contributed by atoms with Gasteiger partial charge in [-0.2, -0.15) is 0 Å². The summed E-state index contributed by atoms with van der Waals surface area (Å²) in [5.74, 6) is 0.0770. The maximum atomic E-state index is 10.4. The second-order valence-electron chi connectivity index (χ2n) is 12.4. The Morgan fingerprint density at radius 3 is 2.11 bits per heavy atom. The normalized spacial score (nSPS) is 14.0. The van der Waals surface area contributed by atoms with Crippen LogP contribution in [0.25, 0.3) is 22.5 Å². The first kappa shape index (κ1) is 31.1. The molecule has 7 heteroatoms. The van der Waals surface area contributed by atoms with Crippen molar-refractivity contribution in [3.05, 3.63) is 120 Å². The van der Waals surface area contributed by atoms with Crippen LogP contribution in [0, 0.1) is 6.92 Å². The van der Waals surface area contributed by atoms with E-state index >= 15 is 0 Å². The molecule has 3 aromatic carbocycles. The van der Waals surface area contributed by atoms with E-state index in [4.69, 9.17) is 0 Å². The zero-order chi connectivity index (χ0) is 32.0. The number of benzene rings is 3. The van der Waals surface area contributed by atoms with E-state index in [1.165, 1.54) is 11.1 Å². The zero-order valence-corrected chi connectivity index (χ0v) is 26.6. The smallest absolute Gasteiger partial charge is 0.160 e. The van der Waals surface area contributed by atoms with Gasteiger partial charge in [-0.3, -0.25) is 14.9 Å². The van der Waals surface area contributed by atoms with Gasteiger partial charge in [-0.25, -0.2) is 0 Å². The molecule has 0 amide bonds. The number of aromatic hydroxyl groups is 3. The Labute approximate surface area is 271 Å². The number of pyridine rings is 2. The molecular weight excluding hydrogens is 572 g/mol. The maximum absolute atomic E-state index is 10.4. The summed E-state index contributed by atoms with van der Waals surface area (Å²) in [6.07, 6.45) is 7.29. The molecule has 0 spiro atoms. The molecule has 0 aliphatic carbocycles. The summed E-state index contributed by atoms with van der Waals surface area (Å²) in [7, 11) is 0. The van der Waals surface area contributed by atoms with Gasteiger partial charge >= 0.3 is 0 Å². The lowest BCUT2D eigenvalue weighted by Crippen LogP contribution is -2.44. The molecule has 1 aliphatic heterocycles. The fraction of sp³-hybridized carbons (Fsp3) is 0.282. The van der Waals surface area contributed by atoms with Crippen molar-refractivity contribution in [3.63, 3.8) is 0 Å². The second-order valence-corrected chi connectivity index (χ2v) is 12.4. The molecule has 3 heterocycles. The summed E-state index contributed by atoms with van der Waals surface area (Å²) in [5.41, 5.74) is 9.09. The van der Waals surface area contributed by atoms with E-state index < -0.39 is 0 Å². The summed E-state index contributed by atoms with van der Waals surface area (Å²) < 4.78 is 0. The van der Waals surface area contributed by atoms with Crippen molar-refractivity contribution in [3.8, 4) is 39.8 Å². The van der Waals surface area contributed by atoms with Crippen molar-refractivity contribution in [2.75, 3.05) is 18.0 Å². The van der Waals surface area contributed by atoms with Crippen LogP contribution in [-0.2, 0) is 19.5 Å².